The summed E-state index contributed by atoms with van der Waals surface area (Å²) >= 11 is 0. The summed E-state index contributed by atoms with van der Waals surface area (Å²) in [6, 6.07) is 0. The van der Waals surface area contributed by atoms with Gasteiger partial charge in [-0.25, -0.2) is 9.97 Å². The van der Waals surface area contributed by atoms with Crippen LogP contribution in [0.2, 0.25) is 0 Å². The Kier molecular flexibility index (Phi) is 3.46. The van der Waals surface area contributed by atoms with Crippen LogP contribution in [-0.2, 0) is 6.42 Å². The van der Waals surface area contributed by atoms with Gasteiger partial charge in [-0.05, 0) is 26.3 Å². The summed E-state index contributed by atoms with van der Waals surface area (Å²) in [7, 11) is 2.13. The maximum Gasteiger partial charge on any atom is 0.225 e. The molecule has 0 bridgehead atoms. The van der Waals surface area contributed by atoms with Gasteiger partial charge >= 0.3 is 0 Å². The van der Waals surface area contributed by atoms with Crippen LogP contribution in [0.3, 0.4) is 0 Å². The third-order valence-electron chi connectivity index (χ3n) is 4.01. The Labute approximate surface area is 113 Å². The van der Waals surface area contributed by atoms with Crippen LogP contribution >= 0.6 is 0 Å². The molecule has 2 aliphatic rings. The molecule has 0 atom stereocenters. The molecule has 5 heteroatoms. The Morgan fingerprint density at radius 3 is 2.63 bits per heavy atom. The van der Waals surface area contributed by atoms with Crippen molar-refractivity contribution >= 4 is 11.7 Å². The number of Topliss-reactive ketones (excluding diaryl/α,β-unsaturated/α-hetero) is 1. The number of hydrogen-bond donors (Lipinski definition) is 0. The van der Waals surface area contributed by atoms with Crippen LogP contribution in [-0.4, -0.2) is 53.9 Å². The van der Waals surface area contributed by atoms with Gasteiger partial charge < -0.3 is 9.80 Å². The lowest BCUT2D eigenvalue weighted by atomic mass is 10.1. The Morgan fingerprint density at radius 2 is 1.84 bits per heavy atom. The number of carbonyl (C=O) groups is 1. The Bertz CT molecular complexity index is 480. The monoisotopic (exact) mass is 260 g/mol. The number of likely N-dealkylation sites (N-methyl/N-ethyl adjacent to an activating group) is 1. The lowest BCUT2D eigenvalue weighted by Crippen LogP contribution is -2.45. The molecule has 3 rings (SSSR count). The van der Waals surface area contributed by atoms with Crippen molar-refractivity contribution in [2.75, 3.05) is 38.1 Å². The predicted octanol–water partition coefficient (Wildman–Crippen LogP) is 1.14. The van der Waals surface area contributed by atoms with Crippen LogP contribution in [0.15, 0.2) is 6.20 Å². The number of fused-ring (bicyclic) bond motifs is 1. The fourth-order valence-corrected chi connectivity index (χ4v) is 2.70. The van der Waals surface area contributed by atoms with Crippen molar-refractivity contribution < 1.29 is 4.79 Å². The van der Waals surface area contributed by atoms with Crippen LogP contribution in [0.25, 0.3) is 0 Å². The van der Waals surface area contributed by atoms with Gasteiger partial charge in [0.2, 0.25) is 5.95 Å². The minimum atomic E-state index is 0.206. The second kappa shape index (κ2) is 5.25. The first-order chi connectivity index (χ1) is 9.24. The van der Waals surface area contributed by atoms with Gasteiger partial charge in [0.15, 0.2) is 5.78 Å². The summed E-state index contributed by atoms with van der Waals surface area (Å²) in [5.74, 6) is 0.999. The molecule has 0 spiro atoms. The van der Waals surface area contributed by atoms with Crippen molar-refractivity contribution in [3.8, 4) is 0 Å². The van der Waals surface area contributed by atoms with Gasteiger partial charge in [-0.1, -0.05) is 0 Å². The van der Waals surface area contributed by atoms with E-state index in [1.165, 1.54) is 0 Å². The molecule has 1 fully saturated rings. The Balaban J connectivity index is 1.84. The van der Waals surface area contributed by atoms with Crippen molar-refractivity contribution in [1.82, 2.24) is 14.9 Å². The first kappa shape index (κ1) is 12.5. The molecule has 1 aliphatic carbocycles. The molecule has 0 unspecified atom stereocenters. The number of aromatic nitrogens is 2. The summed E-state index contributed by atoms with van der Waals surface area (Å²) < 4.78 is 0. The van der Waals surface area contributed by atoms with Crippen LogP contribution in [0.4, 0.5) is 5.95 Å². The third kappa shape index (κ3) is 2.61. The average Bonchev–Trinajstić information content (AvgIpc) is 2.61. The largest absolute Gasteiger partial charge is 0.338 e. The highest BCUT2D eigenvalue weighted by molar-refractivity contribution is 5.97. The zero-order chi connectivity index (χ0) is 13.2. The second-order valence-electron chi connectivity index (χ2n) is 5.45. The highest BCUT2D eigenvalue weighted by Crippen LogP contribution is 2.21. The molecule has 0 N–H and O–H groups in total. The number of ketones is 1. The fourth-order valence-electron chi connectivity index (χ4n) is 2.70. The first-order valence-corrected chi connectivity index (χ1v) is 7.06. The molecule has 19 heavy (non-hydrogen) atoms. The molecule has 0 radical (unpaired) electrons. The van der Waals surface area contributed by atoms with Crippen molar-refractivity contribution in [2.24, 2.45) is 0 Å². The van der Waals surface area contributed by atoms with E-state index in [2.05, 4.69) is 26.8 Å². The van der Waals surface area contributed by atoms with E-state index in [-0.39, 0.29) is 5.78 Å². The summed E-state index contributed by atoms with van der Waals surface area (Å²) in [4.78, 5) is 25.5. The van der Waals surface area contributed by atoms with E-state index >= 15 is 0 Å². The van der Waals surface area contributed by atoms with Gasteiger partial charge in [-0.3, -0.25) is 4.79 Å². The van der Waals surface area contributed by atoms with Crippen molar-refractivity contribution in [1.29, 1.82) is 0 Å². The van der Waals surface area contributed by atoms with Crippen LogP contribution in [0.5, 0.6) is 0 Å². The molecule has 5 nitrogen and oxygen atoms in total. The third-order valence-corrected chi connectivity index (χ3v) is 4.01. The molecule has 1 saturated heterocycles. The zero-order valence-corrected chi connectivity index (χ0v) is 11.4. The maximum atomic E-state index is 11.9. The minimum Gasteiger partial charge on any atom is -0.338 e. The van der Waals surface area contributed by atoms with E-state index in [1.54, 1.807) is 6.20 Å². The minimum absolute atomic E-state index is 0.206. The van der Waals surface area contributed by atoms with Gasteiger partial charge in [0.25, 0.3) is 0 Å². The smallest absolute Gasteiger partial charge is 0.225 e. The highest BCUT2D eigenvalue weighted by Gasteiger charge is 2.21. The Hall–Kier alpha value is -1.49. The zero-order valence-electron chi connectivity index (χ0n) is 11.4. The number of anilines is 1. The molecule has 0 amide bonds. The molecule has 102 valence electrons. The Morgan fingerprint density at radius 1 is 1.11 bits per heavy atom. The lowest BCUT2D eigenvalue weighted by molar-refractivity contribution is 0.0981. The summed E-state index contributed by atoms with van der Waals surface area (Å²) in [5, 5.41) is 0. The summed E-state index contributed by atoms with van der Waals surface area (Å²) in [6.07, 6.45) is 5.31. The number of carbonyl (C=O) groups excluding carboxylic acids is 1. The fraction of sp³-hybridized carbons (Fsp3) is 0.643. The second-order valence-corrected chi connectivity index (χ2v) is 5.45. The van der Waals surface area contributed by atoms with Crippen LogP contribution < -0.4 is 4.90 Å². The van der Waals surface area contributed by atoms with Gasteiger partial charge in [-0.15, -0.1) is 0 Å². The lowest BCUT2D eigenvalue weighted by Gasteiger charge is -2.32. The standard InChI is InChI=1S/C14H20N4O/c1-17-6-8-18(9-7-17)14-15-10-11-12(16-14)4-2-3-5-13(11)19/h10H,2-9H2,1H3. The highest BCUT2D eigenvalue weighted by atomic mass is 16.1. The number of rotatable bonds is 1. The van der Waals surface area contributed by atoms with E-state index < -0.39 is 0 Å². The topological polar surface area (TPSA) is 49.3 Å². The molecule has 0 saturated carbocycles. The molecule has 1 aromatic heterocycles. The number of hydrogen-bond acceptors (Lipinski definition) is 5. The summed E-state index contributed by atoms with van der Waals surface area (Å²) in [6.45, 7) is 4.01. The first-order valence-electron chi connectivity index (χ1n) is 7.06. The molecule has 0 aromatic carbocycles. The van der Waals surface area contributed by atoms with Gasteiger partial charge in [0, 0.05) is 38.8 Å². The number of aryl methyl sites for hydroxylation is 1. The summed E-state index contributed by atoms with van der Waals surface area (Å²) in [5.41, 5.74) is 1.70. The number of nitrogens with zero attached hydrogens (tertiary/aromatic N) is 4. The maximum absolute atomic E-state index is 11.9. The van der Waals surface area contributed by atoms with E-state index in [4.69, 9.17) is 0 Å². The van der Waals surface area contributed by atoms with Crippen LogP contribution in [0.1, 0.15) is 35.3 Å². The SMILES string of the molecule is CN1CCN(c2ncc3c(n2)CCCCC3=O)CC1. The molecule has 1 aromatic rings. The molecular weight excluding hydrogens is 240 g/mol. The molecule has 1 aliphatic heterocycles. The van der Waals surface area contributed by atoms with Crippen molar-refractivity contribution in [3.63, 3.8) is 0 Å². The normalized spacial score (nSPS) is 21.1. The molecular formula is C14H20N4O. The van der Waals surface area contributed by atoms with E-state index in [1.807, 2.05) is 0 Å². The average molecular weight is 260 g/mol. The number of piperazine rings is 1. The quantitative estimate of drug-likeness (QED) is 0.709. The van der Waals surface area contributed by atoms with Gasteiger partial charge in [0.05, 0.1) is 11.3 Å². The van der Waals surface area contributed by atoms with Crippen molar-refractivity contribution in [2.45, 2.75) is 25.7 Å². The van der Waals surface area contributed by atoms with E-state index in [0.29, 0.717) is 6.42 Å². The van der Waals surface area contributed by atoms with Gasteiger partial charge in [0.1, 0.15) is 0 Å². The predicted molar refractivity (Wildman–Crippen MR) is 73.6 cm³/mol. The van der Waals surface area contributed by atoms with E-state index in [9.17, 15) is 4.79 Å². The van der Waals surface area contributed by atoms with Crippen molar-refractivity contribution in [3.05, 3.63) is 17.5 Å². The van der Waals surface area contributed by atoms with E-state index in [0.717, 1.165) is 62.6 Å². The van der Waals surface area contributed by atoms with Crippen LogP contribution in [0, 0.1) is 0 Å². The molecule has 2 heterocycles. The van der Waals surface area contributed by atoms with Gasteiger partial charge in [-0.2, -0.15) is 0 Å².